The fourth-order valence-corrected chi connectivity index (χ4v) is 8.14. The van der Waals surface area contributed by atoms with Crippen LogP contribution >= 0.6 is 0 Å². The Morgan fingerprint density at radius 2 is 1.92 bits per heavy atom. The molecule has 0 bridgehead atoms. The average Bonchev–Trinajstić information content (AvgIpc) is 3.17. The normalized spacial score (nSPS) is 37.0. The Bertz CT molecular complexity index is 870. The third kappa shape index (κ3) is 6.49. The predicted octanol–water partition coefficient (Wildman–Crippen LogP) is 6.45. The van der Waals surface area contributed by atoms with Crippen molar-refractivity contribution < 1.29 is 24.3 Å². The van der Waals surface area contributed by atoms with Gasteiger partial charge in [-0.25, -0.2) is 0 Å². The number of allylic oxidation sites excluding steroid dienone is 3. The second-order valence-electron chi connectivity index (χ2n) is 12.0. The molecule has 37 heavy (non-hydrogen) atoms. The summed E-state index contributed by atoms with van der Waals surface area (Å²) in [6, 6.07) is 0. The van der Waals surface area contributed by atoms with Crippen LogP contribution in [-0.2, 0) is 9.68 Å². The summed E-state index contributed by atoms with van der Waals surface area (Å²) in [7, 11) is 0. The van der Waals surface area contributed by atoms with Crippen molar-refractivity contribution in [2.75, 3.05) is 19.7 Å². The Labute approximate surface area is 221 Å². The molecule has 0 aromatic carbocycles. The quantitative estimate of drug-likeness (QED) is 0.164. The number of nitrogens with one attached hydrogen (secondary N) is 3. The minimum absolute atomic E-state index is 0. The van der Waals surface area contributed by atoms with Gasteiger partial charge in [-0.05, 0) is 100 Å². The summed E-state index contributed by atoms with van der Waals surface area (Å²) < 4.78 is 33.9. The highest BCUT2D eigenvalue weighted by Crippen LogP contribution is 2.67. The highest BCUT2D eigenvalue weighted by atomic mass is 19.4. The van der Waals surface area contributed by atoms with Gasteiger partial charge >= 0.3 is 6.36 Å². The van der Waals surface area contributed by atoms with Crippen LogP contribution < -0.4 is 16.7 Å². The molecule has 4 rings (SSSR count). The standard InChI is InChI=1S/C22H34N2.C6H13F3N2O2.H2/c1-14-7-10-20(3)16(13-14)8-12-22(24)18-6-5-17(15(2)23)21(18,4)11-9-19(20)22;1-2-10-4-3-5-12-11-13-6(7,8)9;/h13,17-19,23H,1,5-12,24H2,2-4H3;10-11H,2-5H2,1H3;1H. The molecule has 0 aliphatic heterocycles. The lowest BCUT2D eigenvalue weighted by atomic mass is 9.43. The maximum absolute atomic E-state index is 11.3. The fourth-order valence-electron chi connectivity index (χ4n) is 8.14. The largest absolute Gasteiger partial charge is 0.540 e. The molecule has 4 aliphatic rings. The first-order chi connectivity index (χ1) is 17.3. The van der Waals surface area contributed by atoms with Crippen molar-refractivity contribution in [2.45, 2.75) is 97.4 Å². The number of fused-ring (bicyclic) bond motifs is 5. The van der Waals surface area contributed by atoms with Crippen molar-refractivity contribution in [1.29, 1.82) is 5.41 Å². The lowest BCUT2D eigenvalue weighted by Crippen LogP contribution is -2.66. The molecule has 0 aromatic heterocycles. The van der Waals surface area contributed by atoms with Crippen LogP contribution in [0.5, 0.6) is 0 Å². The first-order valence-electron chi connectivity index (χ1n) is 13.8. The van der Waals surface area contributed by atoms with Gasteiger partial charge in [0.2, 0.25) is 0 Å². The monoisotopic (exact) mass is 530 g/mol. The molecule has 214 valence electrons. The van der Waals surface area contributed by atoms with Gasteiger partial charge in [0.05, 0.1) is 6.61 Å². The summed E-state index contributed by atoms with van der Waals surface area (Å²) >= 11 is 0. The summed E-state index contributed by atoms with van der Waals surface area (Å²) in [4.78, 5) is 7.47. The smallest absolute Gasteiger partial charge is 0.325 e. The van der Waals surface area contributed by atoms with Gasteiger partial charge in [0, 0.05) is 18.6 Å². The molecule has 5 N–H and O–H groups in total. The third-order valence-corrected chi connectivity index (χ3v) is 9.87. The molecule has 0 heterocycles. The van der Waals surface area contributed by atoms with Gasteiger partial charge < -0.3 is 16.5 Å². The van der Waals surface area contributed by atoms with Gasteiger partial charge in [0.25, 0.3) is 0 Å². The van der Waals surface area contributed by atoms with E-state index in [4.69, 9.17) is 11.1 Å². The van der Waals surface area contributed by atoms with Crippen LogP contribution in [-0.4, -0.2) is 37.3 Å². The highest BCUT2D eigenvalue weighted by Gasteiger charge is 2.64. The number of rotatable bonds is 8. The van der Waals surface area contributed by atoms with Crippen LogP contribution in [0.25, 0.3) is 0 Å². The van der Waals surface area contributed by atoms with Gasteiger partial charge in [-0.3, -0.25) is 4.84 Å². The Balaban J connectivity index is 0.000000313. The maximum Gasteiger partial charge on any atom is 0.540 e. The Hall–Kier alpha value is -1.26. The van der Waals surface area contributed by atoms with E-state index < -0.39 is 6.36 Å². The fraction of sp³-hybridized carbons (Fsp3) is 0.821. The van der Waals surface area contributed by atoms with Crippen molar-refractivity contribution in [2.24, 2.45) is 34.3 Å². The van der Waals surface area contributed by atoms with E-state index in [0.717, 1.165) is 31.5 Å². The van der Waals surface area contributed by atoms with Gasteiger partial charge in [0.15, 0.2) is 0 Å². The van der Waals surface area contributed by atoms with Crippen molar-refractivity contribution in [3.63, 3.8) is 0 Å². The first-order valence-corrected chi connectivity index (χ1v) is 13.8. The molecular weight excluding hydrogens is 481 g/mol. The Morgan fingerprint density at radius 3 is 2.57 bits per heavy atom. The van der Waals surface area contributed by atoms with E-state index >= 15 is 0 Å². The minimum Gasteiger partial charge on any atom is -0.325 e. The first kappa shape index (κ1) is 30.3. The number of hydrogen-bond acceptors (Lipinski definition) is 6. The van der Waals surface area contributed by atoms with Gasteiger partial charge in [0.1, 0.15) is 0 Å². The van der Waals surface area contributed by atoms with E-state index in [0.29, 0.717) is 30.7 Å². The zero-order valence-corrected chi connectivity index (χ0v) is 23.0. The second-order valence-corrected chi connectivity index (χ2v) is 12.0. The highest BCUT2D eigenvalue weighted by molar-refractivity contribution is 5.82. The van der Waals surface area contributed by atoms with Crippen LogP contribution in [0, 0.1) is 34.0 Å². The molecule has 6 atom stereocenters. The molecule has 0 saturated heterocycles. The number of halogens is 3. The van der Waals surface area contributed by atoms with Crippen LogP contribution in [0.1, 0.15) is 86.9 Å². The Morgan fingerprint density at radius 1 is 1.19 bits per heavy atom. The van der Waals surface area contributed by atoms with Crippen LogP contribution in [0.2, 0.25) is 0 Å². The summed E-state index contributed by atoms with van der Waals surface area (Å²) in [6.45, 7) is 14.8. The number of alkyl halides is 3. The number of hydrogen-bond donors (Lipinski definition) is 4. The Kier molecular flexibility index (Phi) is 9.71. The van der Waals surface area contributed by atoms with E-state index in [2.05, 4.69) is 41.5 Å². The molecule has 3 saturated carbocycles. The molecule has 4 aliphatic carbocycles. The van der Waals surface area contributed by atoms with Crippen molar-refractivity contribution in [3.05, 3.63) is 23.8 Å². The van der Waals surface area contributed by atoms with Gasteiger partial charge in [-0.15, -0.1) is 13.2 Å². The van der Waals surface area contributed by atoms with Crippen molar-refractivity contribution in [1.82, 2.24) is 11.0 Å². The van der Waals surface area contributed by atoms with Crippen molar-refractivity contribution in [3.8, 4) is 0 Å². The molecule has 6 nitrogen and oxygen atoms in total. The third-order valence-electron chi connectivity index (χ3n) is 9.87. The number of nitrogens with two attached hydrogens (primary N) is 1. The lowest BCUT2D eigenvalue weighted by molar-refractivity contribution is -0.394. The average molecular weight is 531 g/mol. The molecule has 0 aromatic rings. The minimum atomic E-state index is -4.71. The van der Waals surface area contributed by atoms with Crippen molar-refractivity contribution >= 4 is 5.71 Å². The summed E-state index contributed by atoms with van der Waals surface area (Å²) in [5.74, 6) is 1.67. The molecule has 0 amide bonds. The van der Waals surface area contributed by atoms with E-state index in [9.17, 15) is 13.2 Å². The van der Waals surface area contributed by atoms with Crippen LogP contribution in [0.4, 0.5) is 13.2 Å². The molecule has 0 spiro atoms. The SMILES string of the molecule is C=C1C=C2CCC3(N)C(CCC4(C)C(C(C)=N)CCC43)C2(C)CC1.CCNCCCONOC(F)(F)F.[HH]. The zero-order valence-electron chi connectivity index (χ0n) is 23.0. The van der Waals surface area contributed by atoms with E-state index in [1.807, 2.05) is 13.8 Å². The topological polar surface area (TPSA) is 92.4 Å². The summed E-state index contributed by atoms with van der Waals surface area (Å²) in [5, 5.41) is 11.3. The predicted molar refractivity (Wildman–Crippen MR) is 143 cm³/mol. The van der Waals surface area contributed by atoms with Crippen LogP contribution in [0.3, 0.4) is 0 Å². The maximum atomic E-state index is 11.3. The summed E-state index contributed by atoms with van der Waals surface area (Å²) in [6.07, 6.45) is 7.87. The molecular formula is C28H49F3N4O2. The summed E-state index contributed by atoms with van der Waals surface area (Å²) in [5.41, 5.74) is 13.0. The van der Waals surface area contributed by atoms with Gasteiger partial charge in [-0.1, -0.05) is 50.2 Å². The van der Waals surface area contributed by atoms with E-state index in [1.54, 1.807) is 5.57 Å². The van der Waals surface area contributed by atoms with Crippen LogP contribution in [0.15, 0.2) is 23.8 Å². The molecule has 3 fully saturated rings. The lowest BCUT2D eigenvalue weighted by Gasteiger charge is -2.63. The van der Waals surface area contributed by atoms with E-state index in [1.165, 1.54) is 43.3 Å². The second kappa shape index (κ2) is 11.9. The molecule has 6 unspecified atom stereocenters. The zero-order chi connectivity index (χ0) is 27.5. The molecule has 0 radical (unpaired) electrons. The van der Waals surface area contributed by atoms with E-state index in [-0.39, 0.29) is 24.4 Å². The molecule has 9 heteroatoms. The van der Waals surface area contributed by atoms with Gasteiger partial charge in [-0.2, -0.15) is 4.84 Å².